The van der Waals surface area contributed by atoms with Gasteiger partial charge in [0.05, 0.1) is 25.6 Å². The fraction of sp³-hybridized carbons (Fsp3) is 0.818. The molecule has 2 fully saturated rings. The van der Waals surface area contributed by atoms with E-state index in [4.69, 9.17) is 0 Å². The highest BCUT2D eigenvalue weighted by Crippen LogP contribution is 2.33. The van der Waals surface area contributed by atoms with Crippen LogP contribution in [0.2, 0.25) is 0 Å². The monoisotopic (exact) mass is 258 g/mol. The molecular weight excluding hydrogens is 238 g/mol. The number of hydrogen-bond acceptors (Lipinski definition) is 3. The SMILES string of the molecule is C[NH2+]C(=O)CCCCC1SCC2NC(=O)NC21. The summed E-state index contributed by atoms with van der Waals surface area (Å²) >= 11 is 1.93. The standard InChI is InChI=1S/C11H19N3O2S/c1-12-9(15)5-3-2-4-8-10-7(6-17-8)13-11(16)14-10/h7-8,10H,2-6H2,1H3,(H,12,15)(H2,13,14,16)/p+1. The van der Waals surface area contributed by atoms with Crippen molar-refractivity contribution in [2.45, 2.75) is 43.0 Å². The Morgan fingerprint density at radius 1 is 1.47 bits per heavy atom. The summed E-state index contributed by atoms with van der Waals surface area (Å²) in [6, 6.07) is 0.574. The van der Waals surface area contributed by atoms with Crippen molar-refractivity contribution >= 4 is 23.7 Å². The van der Waals surface area contributed by atoms with E-state index in [0.29, 0.717) is 23.8 Å². The predicted octanol–water partition coefficient (Wildman–Crippen LogP) is -0.568. The molecule has 3 atom stereocenters. The third-order valence-corrected chi connectivity index (χ3v) is 4.93. The topological polar surface area (TPSA) is 74.8 Å². The lowest BCUT2D eigenvalue weighted by Gasteiger charge is -2.16. The number of nitrogens with one attached hydrogen (secondary N) is 2. The van der Waals surface area contributed by atoms with Crippen LogP contribution in [0.5, 0.6) is 0 Å². The maximum absolute atomic E-state index is 11.2. The van der Waals surface area contributed by atoms with Crippen molar-refractivity contribution in [3.8, 4) is 0 Å². The van der Waals surface area contributed by atoms with Gasteiger partial charge in [0.2, 0.25) is 0 Å². The van der Waals surface area contributed by atoms with E-state index in [-0.39, 0.29) is 11.9 Å². The molecule has 2 rings (SSSR count). The van der Waals surface area contributed by atoms with Crippen molar-refractivity contribution in [3.63, 3.8) is 0 Å². The number of quaternary nitrogens is 1. The first kappa shape index (κ1) is 12.7. The number of unbranched alkanes of at least 4 members (excludes halogenated alkanes) is 1. The summed E-state index contributed by atoms with van der Waals surface area (Å²) < 4.78 is 0. The summed E-state index contributed by atoms with van der Waals surface area (Å²) in [7, 11) is 1.79. The fourth-order valence-corrected chi connectivity index (χ4v) is 3.98. The number of carbonyl (C=O) groups excluding carboxylic acids is 2. The maximum atomic E-state index is 11.2. The Balaban J connectivity index is 1.66. The van der Waals surface area contributed by atoms with E-state index >= 15 is 0 Å². The summed E-state index contributed by atoms with van der Waals surface area (Å²) in [4.78, 5) is 22.3. The number of hydrogen-bond donors (Lipinski definition) is 3. The molecule has 2 aliphatic rings. The first-order valence-corrected chi connectivity index (χ1v) is 7.26. The Labute approximate surface area is 105 Å². The van der Waals surface area contributed by atoms with Gasteiger partial charge in [-0.1, -0.05) is 6.42 Å². The van der Waals surface area contributed by atoms with Gasteiger partial charge < -0.3 is 10.6 Å². The highest BCUT2D eigenvalue weighted by atomic mass is 32.2. The summed E-state index contributed by atoms with van der Waals surface area (Å²) in [5.41, 5.74) is 0. The van der Waals surface area contributed by atoms with Gasteiger partial charge in [0, 0.05) is 11.0 Å². The normalized spacial score (nSPS) is 30.9. The smallest absolute Gasteiger partial charge is 0.315 e. The van der Waals surface area contributed by atoms with Gasteiger partial charge in [-0.15, -0.1) is 0 Å². The molecule has 2 aliphatic heterocycles. The zero-order valence-electron chi connectivity index (χ0n) is 10.1. The lowest BCUT2D eigenvalue weighted by Crippen LogP contribution is -2.83. The summed E-state index contributed by atoms with van der Waals surface area (Å²) in [5, 5.41) is 8.07. The van der Waals surface area contributed by atoms with Crippen molar-refractivity contribution < 1.29 is 14.9 Å². The van der Waals surface area contributed by atoms with Gasteiger partial charge in [0.15, 0.2) is 0 Å². The minimum Gasteiger partial charge on any atom is -0.332 e. The molecule has 2 saturated heterocycles. The highest BCUT2D eigenvalue weighted by molar-refractivity contribution is 8.00. The molecule has 5 nitrogen and oxygen atoms in total. The second-order valence-corrected chi connectivity index (χ2v) is 5.89. The number of thioether (sulfide) groups is 1. The molecule has 96 valence electrons. The minimum absolute atomic E-state index is 0.0268. The summed E-state index contributed by atoms with van der Waals surface area (Å²) in [6.45, 7) is 0. The minimum atomic E-state index is -0.0268. The number of fused-ring (bicyclic) bond motifs is 1. The Bertz CT molecular complexity index is 311. The molecule has 4 N–H and O–H groups in total. The number of urea groups is 1. The fourth-order valence-electron chi connectivity index (χ4n) is 2.43. The van der Waals surface area contributed by atoms with Crippen molar-refractivity contribution in [3.05, 3.63) is 0 Å². The Kier molecular flexibility index (Phi) is 4.28. The Hall–Kier alpha value is -0.750. The Morgan fingerprint density at radius 3 is 3.06 bits per heavy atom. The third kappa shape index (κ3) is 3.13. The van der Waals surface area contributed by atoms with Gasteiger partial charge in [-0.05, 0) is 12.8 Å². The third-order valence-electron chi connectivity index (χ3n) is 3.42. The number of rotatable bonds is 5. The molecule has 0 aliphatic carbocycles. The van der Waals surface area contributed by atoms with Gasteiger partial charge >= 0.3 is 11.9 Å². The molecule has 6 heteroatoms. The van der Waals surface area contributed by atoms with E-state index < -0.39 is 0 Å². The molecule has 0 radical (unpaired) electrons. The van der Waals surface area contributed by atoms with E-state index in [1.165, 1.54) is 0 Å². The summed E-state index contributed by atoms with van der Waals surface area (Å²) in [5.74, 6) is 1.24. The Morgan fingerprint density at radius 2 is 2.29 bits per heavy atom. The lowest BCUT2D eigenvalue weighted by atomic mass is 10.0. The van der Waals surface area contributed by atoms with Crippen LogP contribution in [0.3, 0.4) is 0 Å². The largest absolute Gasteiger partial charge is 0.332 e. The van der Waals surface area contributed by atoms with Crippen LogP contribution in [-0.2, 0) is 4.79 Å². The molecule has 0 spiro atoms. The first-order valence-electron chi connectivity index (χ1n) is 6.21. The molecule has 3 unspecified atom stereocenters. The molecule has 0 bridgehead atoms. The van der Waals surface area contributed by atoms with Crippen LogP contribution in [0.4, 0.5) is 4.79 Å². The molecule has 3 amide bonds. The van der Waals surface area contributed by atoms with Crippen molar-refractivity contribution in [1.82, 2.24) is 10.6 Å². The summed E-state index contributed by atoms with van der Waals surface area (Å²) in [6.07, 6.45) is 3.77. The molecule has 0 saturated carbocycles. The van der Waals surface area contributed by atoms with E-state index in [0.717, 1.165) is 25.0 Å². The van der Waals surface area contributed by atoms with Crippen molar-refractivity contribution in [2.75, 3.05) is 12.8 Å². The van der Waals surface area contributed by atoms with Crippen LogP contribution in [0.15, 0.2) is 0 Å². The average Bonchev–Trinajstić information content (AvgIpc) is 2.84. The van der Waals surface area contributed by atoms with E-state index in [1.807, 2.05) is 11.8 Å². The molecule has 2 heterocycles. The number of nitrogens with two attached hydrogens (primary N) is 1. The van der Waals surface area contributed by atoms with Gasteiger partial charge in [0.1, 0.15) is 0 Å². The maximum Gasteiger partial charge on any atom is 0.315 e. The molecule has 17 heavy (non-hydrogen) atoms. The van der Waals surface area contributed by atoms with E-state index in [9.17, 15) is 9.59 Å². The van der Waals surface area contributed by atoms with Crippen LogP contribution >= 0.6 is 11.8 Å². The average molecular weight is 258 g/mol. The zero-order valence-corrected chi connectivity index (χ0v) is 10.9. The van der Waals surface area contributed by atoms with Gasteiger partial charge in [-0.3, -0.25) is 5.32 Å². The van der Waals surface area contributed by atoms with Crippen molar-refractivity contribution in [1.29, 1.82) is 0 Å². The van der Waals surface area contributed by atoms with Crippen LogP contribution < -0.4 is 16.0 Å². The quantitative estimate of drug-likeness (QED) is 0.457. The van der Waals surface area contributed by atoms with Gasteiger partial charge in [0.25, 0.3) is 0 Å². The molecular formula is C11H20N3O2S+. The molecule has 0 aromatic carbocycles. The number of carbonyl (C=O) groups is 2. The highest BCUT2D eigenvalue weighted by Gasteiger charge is 2.42. The van der Waals surface area contributed by atoms with Crippen LogP contribution in [-0.4, -0.2) is 42.1 Å². The second-order valence-electron chi connectivity index (χ2n) is 4.62. The van der Waals surface area contributed by atoms with Crippen LogP contribution in [0.25, 0.3) is 0 Å². The van der Waals surface area contributed by atoms with E-state index in [2.05, 4.69) is 10.6 Å². The molecule has 0 aromatic heterocycles. The second kappa shape index (κ2) is 5.73. The van der Waals surface area contributed by atoms with E-state index in [1.54, 1.807) is 12.4 Å². The number of amides is 3. The van der Waals surface area contributed by atoms with Crippen molar-refractivity contribution in [2.24, 2.45) is 0 Å². The first-order chi connectivity index (χ1) is 8.20. The van der Waals surface area contributed by atoms with Crippen LogP contribution in [0, 0.1) is 0 Å². The number of primary amides is 1. The zero-order chi connectivity index (χ0) is 12.3. The predicted molar refractivity (Wildman–Crippen MR) is 66.8 cm³/mol. The molecule has 0 aromatic rings. The van der Waals surface area contributed by atoms with Gasteiger partial charge in [-0.2, -0.15) is 11.8 Å². The lowest BCUT2D eigenvalue weighted by molar-refractivity contribution is -0.539. The van der Waals surface area contributed by atoms with Gasteiger partial charge in [-0.25, -0.2) is 9.59 Å². The van der Waals surface area contributed by atoms with Crippen LogP contribution in [0.1, 0.15) is 25.7 Å².